The molecule has 0 aliphatic heterocycles. The van der Waals surface area contributed by atoms with Crippen molar-refractivity contribution in [3.05, 3.63) is 47.5 Å². The standard InChI is InChI=1S/C12H7F3O3/c1-17-12(16)9-5-4-8(18-9)6-2-3-7(13)11(15)10(6)14/h2-5H,1H3. The van der Waals surface area contributed by atoms with Crippen molar-refractivity contribution in [2.45, 2.75) is 0 Å². The zero-order chi connectivity index (χ0) is 13.3. The normalized spacial score (nSPS) is 10.4. The van der Waals surface area contributed by atoms with E-state index >= 15 is 0 Å². The number of carbonyl (C=O) groups excluding carboxylic acids is 1. The number of hydrogen-bond acceptors (Lipinski definition) is 3. The largest absolute Gasteiger partial charge is 0.463 e. The van der Waals surface area contributed by atoms with Gasteiger partial charge in [-0.25, -0.2) is 18.0 Å². The molecule has 0 fully saturated rings. The smallest absolute Gasteiger partial charge is 0.373 e. The molecule has 0 bridgehead atoms. The first-order valence-corrected chi connectivity index (χ1v) is 4.86. The minimum Gasteiger partial charge on any atom is -0.463 e. The first-order chi connectivity index (χ1) is 8.54. The summed E-state index contributed by atoms with van der Waals surface area (Å²) in [6, 6.07) is 4.31. The summed E-state index contributed by atoms with van der Waals surface area (Å²) in [4.78, 5) is 11.1. The van der Waals surface area contributed by atoms with Gasteiger partial charge in [-0.15, -0.1) is 0 Å². The van der Waals surface area contributed by atoms with Gasteiger partial charge in [-0.2, -0.15) is 0 Å². The maximum Gasteiger partial charge on any atom is 0.373 e. The second-order valence-electron chi connectivity index (χ2n) is 3.38. The molecule has 0 radical (unpaired) electrons. The minimum atomic E-state index is -1.59. The van der Waals surface area contributed by atoms with Crippen LogP contribution in [0.3, 0.4) is 0 Å². The number of benzene rings is 1. The van der Waals surface area contributed by atoms with Crippen molar-refractivity contribution >= 4 is 5.97 Å². The number of hydrogen-bond donors (Lipinski definition) is 0. The third-order valence-corrected chi connectivity index (χ3v) is 2.29. The Hall–Kier alpha value is -2.24. The van der Waals surface area contributed by atoms with E-state index in [2.05, 4.69) is 4.74 Å². The molecule has 94 valence electrons. The highest BCUT2D eigenvalue weighted by molar-refractivity contribution is 5.87. The van der Waals surface area contributed by atoms with Gasteiger partial charge in [0.2, 0.25) is 5.76 Å². The Balaban J connectivity index is 2.47. The molecule has 0 N–H and O–H groups in total. The molecule has 0 spiro atoms. The van der Waals surface area contributed by atoms with Crippen molar-refractivity contribution in [2.24, 2.45) is 0 Å². The Morgan fingerprint density at radius 1 is 1.11 bits per heavy atom. The van der Waals surface area contributed by atoms with Crippen LogP contribution in [0.25, 0.3) is 11.3 Å². The second-order valence-corrected chi connectivity index (χ2v) is 3.38. The number of methoxy groups -OCH3 is 1. The number of ether oxygens (including phenoxy) is 1. The van der Waals surface area contributed by atoms with Crippen LogP contribution in [0.1, 0.15) is 10.6 Å². The SMILES string of the molecule is COC(=O)c1ccc(-c2ccc(F)c(F)c2F)o1. The lowest BCUT2D eigenvalue weighted by molar-refractivity contribution is 0.0566. The van der Waals surface area contributed by atoms with E-state index in [0.717, 1.165) is 19.2 Å². The van der Waals surface area contributed by atoms with Crippen molar-refractivity contribution in [3.8, 4) is 11.3 Å². The van der Waals surface area contributed by atoms with E-state index in [1.807, 2.05) is 0 Å². The van der Waals surface area contributed by atoms with Gasteiger partial charge in [-0.05, 0) is 24.3 Å². The van der Waals surface area contributed by atoms with Crippen molar-refractivity contribution in [3.63, 3.8) is 0 Å². The lowest BCUT2D eigenvalue weighted by Gasteiger charge is -2.01. The van der Waals surface area contributed by atoms with Crippen LogP contribution in [0.5, 0.6) is 0 Å². The molecular weight excluding hydrogens is 249 g/mol. The average Bonchev–Trinajstić information content (AvgIpc) is 2.84. The van der Waals surface area contributed by atoms with Crippen LogP contribution in [0.4, 0.5) is 13.2 Å². The van der Waals surface area contributed by atoms with Crippen LogP contribution in [0, 0.1) is 17.5 Å². The van der Waals surface area contributed by atoms with Gasteiger partial charge in [0, 0.05) is 0 Å². The Morgan fingerprint density at radius 3 is 2.50 bits per heavy atom. The predicted octanol–water partition coefficient (Wildman–Crippen LogP) is 3.15. The molecule has 18 heavy (non-hydrogen) atoms. The van der Waals surface area contributed by atoms with Gasteiger partial charge in [-0.3, -0.25) is 0 Å². The third kappa shape index (κ3) is 1.97. The Kier molecular flexibility index (Phi) is 3.10. The molecule has 1 heterocycles. The summed E-state index contributed by atoms with van der Waals surface area (Å²) in [7, 11) is 1.16. The minimum absolute atomic E-state index is 0.0909. The van der Waals surface area contributed by atoms with Gasteiger partial charge < -0.3 is 9.15 Å². The first-order valence-electron chi connectivity index (χ1n) is 4.86. The fourth-order valence-corrected chi connectivity index (χ4v) is 1.41. The van der Waals surface area contributed by atoms with Crippen molar-refractivity contribution < 1.29 is 27.1 Å². The Bertz CT molecular complexity index is 605. The number of carbonyl (C=O) groups is 1. The molecule has 0 saturated carbocycles. The van der Waals surface area contributed by atoms with Gasteiger partial charge >= 0.3 is 5.97 Å². The highest BCUT2D eigenvalue weighted by Gasteiger charge is 2.18. The molecule has 0 amide bonds. The summed E-state index contributed by atoms with van der Waals surface area (Å²) >= 11 is 0. The van der Waals surface area contributed by atoms with Crippen molar-refractivity contribution in [1.82, 2.24) is 0 Å². The summed E-state index contributed by atoms with van der Waals surface area (Å²) in [6.07, 6.45) is 0. The van der Waals surface area contributed by atoms with Gasteiger partial charge in [0.05, 0.1) is 12.7 Å². The van der Waals surface area contributed by atoms with Crippen LogP contribution in [-0.4, -0.2) is 13.1 Å². The van der Waals surface area contributed by atoms with Crippen LogP contribution in [-0.2, 0) is 4.74 Å². The predicted molar refractivity (Wildman–Crippen MR) is 55.4 cm³/mol. The molecule has 0 aliphatic rings. The lowest BCUT2D eigenvalue weighted by atomic mass is 10.1. The van der Waals surface area contributed by atoms with E-state index in [-0.39, 0.29) is 17.1 Å². The van der Waals surface area contributed by atoms with E-state index in [4.69, 9.17) is 4.42 Å². The average molecular weight is 256 g/mol. The number of halogens is 3. The van der Waals surface area contributed by atoms with Crippen LogP contribution in [0.15, 0.2) is 28.7 Å². The summed E-state index contributed by atoms with van der Waals surface area (Å²) in [5.41, 5.74) is -0.274. The summed E-state index contributed by atoms with van der Waals surface area (Å²) in [5, 5.41) is 0. The number of rotatable bonds is 2. The van der Waals surface area contributed by atoms with E-state index in [9.17, 15) is 18.0 Å². The molecule has 0 aliphatic carbocycles. The monoisotopic (exact) mass is 256 g/mol. The molecule has 6 heteroatoms. The fraction of sp³-hybridized carbons (Fsp3) is 0.0833. The first kappa shape index (κ1) is 12.2. The molecule has 2 aromatic rings. The van der Waals surface area contributed by atoms with E-state index in [1.54, 1.807) is 0 Å². The summed E-state index contributed by atoms with van der Waals surface area (Å²) in [5.74, 6) is -5.26. The van der Waals surface area contributed by atoms with E-state index in [0.29, 0.717) is 0 Å². The van der Waals surface area contributed by atoms with Crippen molar-refractivity contribution in [1.29, 1.82) is 0 Å². The van der Waals surface area contributed by atoms with Crippen molar-refractivity contribution in [2.75, 3.05) is 7.11 Å². The van der Waals surface area contributed by atoms with E-state index < -0.39 is 23.4 Å². The zero-order valence-corrected chi connectivity index (χ0v) is 9.17. The molecule has 2 rings (SSSR count). The molecular formula is C12H7F3O3. The fourth-order valence-electron chi connectivity index (χ4n) is 1.41. The van der Waals surface area contributed by atoms with Crippen LogP contribution in [0.2, 0.25) is 0 Å². The molecule has 0 atom stereocenters. The second kappa shape index (κ2) is 4.56. The van der Waals surface area contributed by atoms with Gasteiger partial charge in [0.15, 0.2) is 17.5 Å². The van der Waals surface area contributed by atoms with Gasteiger partial charge in [0.25, 0.3) is 0 Å². The lowest BCUT2D eigenvalue weighted by Crippen LogP contribution is -1.98. The Labute approximate surface area is 99.8 Å². The zero-order valence-electron chi connectivity index (χ0n) is 9.17. The van der Waals surface area contributed by atoms with E-state index in [1.165, 1.54) is 12.1 Å². The maximum atomic E-state index is 13.4. The number of furan rings is 1. The van der Waals surface area contributed by atoms with Gasteiger partial charge in [-0.1, -0.05) is 0 Å². The third-order valence-electron chi connectivity index (χ3n) is 2.29. The summed E-state index contributed by atoms with van der Waals surface area (Å²) < 4.78 is 48.6. The maximum absolute atomic E-state index is 13.4. The molecule has 0 saturated heterocycles. The molecule has 3 nitrogen and oxygen atoms in total. The quantitative estimate of drug-likeness (QED) is 0.612. The molecule has 1 aromatic heterocycles. The van der Waals surface area contributed by atoms with Gasteiger partial charge in [0.1, 0.15) is 5.76 Å². The molecule has 0 unspecified atom stereocenters. The van der Waals surface area contributed by atoms with Crippen LogP contribution >= 0.6 is 0 Å². The number of esters is 1. The highest BCUT2D eigenvalue weighted by Crippen LogP contribution is 2.27. The van der Waals surface area contributed by atoms with Crippen LogP contribution < -0.4 is 0 Å². The Morgan fingerprint density at radius 2 is 1.83 bits per heavy atom. The summed E-state index contributed by atoms with van der Waals surface area (Å²) in [6.45, 7) is 0. The topological polar surface area (TPSA) is 39.4 Å². The highest BCUT2D eigenvalue weighted by atomic mass is 19.2. The molecule has 1 aromatic carbocycles.